The third-order valence-electron chi connectivity index (χ3n) is 4.83. The summed E-state index contributed by atoms with van der Waals surface area (Å²) in [6, 6.07) is 22.3. The van der Waals surface area contributed by atoms with E-state index in [0.717, 1.165) is 30.0 Å². The molecule has 2 N–H and O–H groups in total. The Morgan fingerprint density at radius 1 is 0.931 bits per heavy atom. The summed E-state index contributed by atoms with van der Waals surface area (Å²) in [6.07, 6.45) is 3.11. The number of ether oxygens (including phenoxy) is 1. The predicted molar refractivity (Wildman–Crippen MR) is 119 cm³/mol. The Bertz CT molecular complexity index is 917. The molecule has 3 aromatic rings. The van der Waals surface area contributed by atoms with Crippen LogP contribution in [0.2, 0.25) is 0 Å². The van der Waals surface area contributed by atoms with E-state index in [1.54, 1.807) is 6.07 Å². The van der Waals surface area contributed by atoms with E-state index < -0.39 is 0 Å². The highest BCUT2D eigenvalue weighted by Crippen LogP contribution is 2.32. The topological polar surface area (TPSA) is 54.4 Å². The van der Waals surface area contributed by atoms with Crippen molar-refractivity contribution in [2.45, 2.75) is 19.8 Å². The Labute approximate surface area is 172 Å². The Hall–Kier alpha value is -3.11. The normalized spacial score (nSPS) is 11.8. The van der Waals surface area contributed by atoms with Crippen molar-refractivity contribution in [2.24, 2.45) is 0 Å². The highest BCUT2D eigenvalue weighted by molar-refractivity contribution is 5.91. The van der Waals surface area contributed by atoms with Gasteiger partial charge in [-0.05, 0) is 60.0 Å². The molecule has 0 spiro atoms. The van der Waals surface area contributed by atoms with E-state index in [2.05, 4.69) is 53.6 Å². The van der Waals surface area contributed by atoms with Gasteiger partial charge in [-0.2, -0.15) is 0 Å². The fourth-order valence-electron chi connectivity index (χ4n) is 3.34. The van der Waals surface area contributed by atoms with Crippen LogP contribution in [0.3, 0.4) is 0 Å². The van der Waals surface area contributed by atoms with Gasteiger partial charge in [0.15, 0.2) is 0 Å². The molecule has 0 atom stereocenters. The van der Waals surface area contributed by atoms with Crippen LogP contribution in [0.25, 0.3) is 11.1 Å². The van der Waals surface area contributed by atoms with E-state index in [4.69, 9.17) is 4.74 Å². The van der Waals surface area contributed by atoms with Crippen LogP contribution in [0, 0.1) is 0 Å². The summed E-state index contributed by atoms with van der Waals surface area (Å²) in [4.78, 5) is 4.41. The number of pyridine rings is 1. The van der Waals surface area contributed by atoms with Crippen LogP contribution in [0.5, 0.6) is 11.5 Å². The van der Waals surface area contributed by atoms with Crippen LogP contribution < -0.4 is 10.1 Å². The first-order chi connectivity index (χ1) is 14.2. The molecule has 0 radical (unpaired) electrons. The second-order valence-corrected chi connectivity index (χ2v) is 6.84. The largest absolute Gasteiger partial charge is 0.506 e. The molecule has 1 aromatic heterocycles. The minimum atomic E-state index is 0.182. The Kier molecular flexibility index (Phi) is 7.42. The lowest BCUT2D eigenvalue weighted by Gasteiger charge is -2.16. The zero-order valence-corrected chi connectivity index (χ0v) is 17.1. The molecule has 0 amide bonds. The second-order valence-electron chi connectivity index (χ2n) is 6.84. The van der Waals surface area contributed by atoms with Gasteiger partial charge in [0, 0.05) is 18.7 Å². The van der Waals surface area contributed by atoms with Gasteiger partial charge in [-0.25, -0.2) is 0 Å². The first-order valence-corrected chi connectivity index (χ1v) is 10.0. The van der Waals surface area contributed by atoms with Crippen molar-refractivity contribution in [3.8, 4) is 11.5 Å². The number of aromatic hydroxyl groups is 1. The lowest BCUT2D eigenvalue weighted by atomic mass is 9.90. The quantitative estimate of drug-likeness (QED) is 0.402. The second kappa shape index (κ2) is 10.4. The van der Waals surface area contributed by atoms with Gasteiger partial charge in [0.25, 0.3) is 0 Å². The number of benzene rings is 2. The minimum Gasteiger partial charge on any atom is -0.506 e. The summed E-state index contributed by atoms with van der Waals surface area (Å²) in [6.45, 7) is 3.63. The first-order valence-electron chi connectivity index (χ1n) is 10.0. The number of nitrogens with one attached hydrogen (secondary N) is 1. The molecule has 1 heterocycles. The van der Waals surface area contributed by atoms with Crippen molar-refractivity contribution in [1.82, 2.24) is 10.3 Å². The molecule has 4 nitrogen and oxygen atoms in total. The monoisotopic (exact) mass is 388 g/mol. The molecule has 150 valence electrons. The summed E-state index contributed by atoms with van der Waals surface area (Å²) >= 11 is 0. The zero-order valence-electron chi connectivity index (χ0n) is 17.1. The molecule has 3 rings (SSSR count). The van der Waals surface area contributed by atoms with Crippen LogP contribution in [-0.2, 0) is 6.42 Å². The molecule has 4 heteroatoms. The average molecular weight is 389 g/mol. The minimum absolute atomic E-state index is 0.182. The van der Waals surface area contributed by atoms with E-state index in [1.165, 1.54) is 22.9 Å². The molecule has 29 heavy (non-hydrogen) atoms. The molecule has 0 aliphatic carbocycles. The number of allylic oxidation sites excluding steroid dienone is 2. The maximum atomic E-state index is 9.57. The third-order valence-corrected chi connectivity index (χ3v) is 4.83. The van der Waals surface area contributed by atoms with Crippen LogP contribution in [0.15, 0.2) is 72.9 Å². The highest BCUT2D eigenvalue weighted by Gasteiger charge is 2.12. The van der Waals surface area contributed by atoms with E-state index >= 15 is 0 Å². The van der Waals surface area contributed by atoms with E-state index in [9.17, 15) is 5.11 Å². The van der Waals surface area contributed by atoms with Crippen molar-refractivity contribution in [1.29, 1.82) is 0 Å². The molecule has 0 saturated carbocycles. The molecule has 0 aliphatic rings. The van der Waals surface area contributed by atoms with E-state index in [0.29, 0.717) is 13.0 Å². The summed E-state index contributed by atoms with van der Waals surface area (Å²) in [5.74, 6) is 1.05. The number of rotatable bonds is 9. The Balaban J connectivity index is 1.98. The van der Waals surface area contributed by atoms with Crippen molar-refractivity contribution in [2.75, 3.05) is 20.2 Å². The van der Waals surface area contributed by atoms with Gasteiger partial charge in [-0.1, -0.05) is 49.4 Å². The summed E-state index contributed by atoms with van der Waals surface area (Å²) < 4.78 is 5.77. The number of nitrogens with zero attached hydrogens (tertiary/aromatic N) is 1. The predicted octanol–water partition coefficient (Wildman–Crippen LogP) is 4.95. The first kappa shape index (κ1) is 20.6. The number of likely N-dealkylation sites (N-methyl/N-ethyl adjacent to an activating group) is 1. The van der Waals surface area contributed by atoms with Gasteiger partial charge in [0.1, 0.15) is 18.1 Å². The van der Waals surface area contributed by atoms with E-state index in [-0.39, 0.29) is 5.75 Å². The Morgan fingerprint density at radius 2 is 1.66 bits per heavy atom. The van der Waals surface area contributed by atoms with Gasteiger partial charge in [-0.15, -0.1) is 0 Å². The van der Waals surface area contributed by atoms with Crippen molar-refractivity contribution >= 4 is 11.1 Å². The third kappa shape index (κ3) is 5.69. The molecule has 0 unspecified atom stereocenters. The molecule has 0 aliphatic heterocycles. The number of hydrogen-bond donors (Lipinski definition) is 2. The summed E-state index contributed by atoms with van der Waals surface area (Å²) in [5, 5.41) is 12.6. The SMILES string of the molecule is CC/C(=C(\Cc1ccc(O)cn1)c1ccc(OCCNC)cc1)c1ccccc1. The van der Waals surface area contributed by atoms with Crippen LogP contribution in [0.1, 0.15) is 30.2 Å². The molecule has 0 fully saturated rings. The molecular weight excluding hydrogens is 360 g/mol. The zero-order chi connectivity index (χ0) is 20.5. The molecule has 0 saturated heterocycles. The smallest absolute Gasteiger partial charge is 0.133 e. The fourth-order valence-corrected chi connectivity index (χ4v) is 3.34. The van der Waals surface area contributed by atoms with Crippen molar-refractivity contribution in [3.05, 3.63) is 89.7 Å². The molecule has 2 aromatic carbocycles. The highest BCUT2D eigenvalue weighted by atomic mass is 16.5. The van der Waals surface area contributed by atoms with Gasteiger partial charge in [0.2, 0.25) is 0 Å². The fraction of sp³-hybridized carbons (Fsp3) is 0.240. The number of hydrogen-bond acceptors (Lipinski definition) is 4. The lowest BCUT2D eigenvalue weighted by Crippen LogP contribution is -2.15. The Morgan fingerprint density at radius 3 is 2.28 bits per heavy atom. The van der Waals surface area contributed by atoms with Gasteiger partial charge < -0.3 is 15.2 Å². The van der Waals surface area contributed by atoms with Gasteiger partial charge >= 0.3 is 0 Å². The summed E-state index contributed by atoms with van der Waals surface area (Å²) in [7, 11) is 1.91. The van der Waals surface area contributed by atoms with Gasteiger partial charge in [0.05, 0.1) is 6.20 Å². The van der Waals surface area contributed by atoms with Crippen LogP contribution in [-0.4, -0.2) is 30.3 Å². The lowest BCUT2D eigenvalue weighted by molar-refractivity contribution is 0.318. The van der Waals surface area contributed by atoms with Crippen LogP contribution in [0.4, 0.5) is 0 Å². The maximum Gasteiger partial charge on any atom is 0.133 e. The van der Waals surface area contributed by atoms with Gasteiger partial charge in [-0.3, -0.25) is 4.98 Å². The number of aromatic nitrogens is 1. The standard InChI is InChI=1S/C25H28N2O2/c1-3-24(19-7-5-4-6-8-19)25(17-21-11-12-22(28)18-27-21)20-9-13-23(14-10-20)29-16-15-26-2/h4-14,18,26,28H,3,15-17H2,1-2H3/b25-24-. The van der Waals surface area contributed by atoms with Crippen LogP contribution >= 0.6 is 0 Å². The van der Waals surface area contributed by atoms with E-state index in [1.807, 2.05) is 31.3 Å². The van der Waals surface area contributed by atoms with Crippen molar-refractivity contribution < 1.29 is 9.84 Å². The molecule has 0 bridgehead atoms. The van der Waals surface area contributed by atoms with Crippen molar-refractivity contribution in [3.63, 3.8) is 0 Å². The summed E-state index contributed by atoms with van der Waals surface area (Å²) in [5.41, 5.74) is 5.83. The maximum absolute atomic E-state index is 9.57. The molecular formula is C25H28N2O2. The average Bonchev–Trinajstić information content (AvgIpc) is 2.76.